The largest absolute Gasteiger partial charge is 0.330 e. The van der Waals surface area contributed by atoms with Crippen molar-refractivity contribution in [2.75, 3.05) is 19.6 Å². The Morgan fingerprint density at radius 3 is 2.50 bits per heavy atom. The number of rotatable bonds is 2. The molecule has 2 nitrogen and oxygen atoms in total. The number of hydrogen-bond donors (Lipinski definition) is 2. The van der Waals surface area contributed by atoms with Crippen LogP contribution in [0, 0.1) is 5.41 Å². The van der Waals surface area contributed by atoms with Crippen molar-refractivity contribution in [3.63, 3.8) is 0 Å². The van der Waals surface area contributed by atoms with Crippen LogP contribution in [0.25, 0.3) is 0 Å². The van der Waals surface area contributed by atoms with Crippen LogP contribution in [-0.4, -0.2) is 19.6 Å². The van der Waals surface area contributed by atoms with Crippen molar-refractivity contribution in [1.82, 2.24) is 5.32 Å². The fourth-order valence-electron chi connectivity index (χ4n) is 1.68. The normalized spacial score (nSPS) is 29.0. The van der Waals surface area contributed by atoms with Crippen molar-refractivity contribution < 1.29 is 0 Å². The SMILES string of the molecule is CC.CC1(CCN)CCCNC1. The Hall–Kier alpha value is -0.0800. The average Bonchev–Trinajstić information content (AvgIpc) is 2.09. The molecular formula is C10H24N2. The second kappa shape index (κ2) is 6.44. The molecule has 1 aliphatic heterocycles. The van der Waals surface area contributed by atoms with Gasteiger partial charge in [0.2, 0.25) is 0 Å². The van der Waals surface area contributed by atoms with Gasteiger partial charge in [-0.25, -0.2) is 0 Å². The molecule has 1 saturated heterocycles. The van der Waals surface area contributed by atoms with Crippen molar-refractivity contribution in [3.05, 3.63) is 0 Å². The van der Waals surface area contributed by atoms with Gasteiger partial charge in [-0.1, -0.05) is 20.8 Å². The lowest BCUT2D eigenvalue weighted by Crippen LogP contribution is -2.39. The molecule has 0 radical (unpaired) electrons. The third-order valence-electron chi connectivity index (χ3n) is 2.43. The van der Waals surface area contributed by atoms with E-state index in [4.69, 9.17) is 5.73 Å². The van der Waals surface area contributed by atoms with Crippen LogP contribution in [0.3, 0.4) is 0 Å². The van der Waals surface area contributed by atoms with Gasteiger partial charge in [0.25, 0.3) is 0 Å². The molecule has 0 amide bonds. The zero-order valence-corrected chi connectivity index (χ0v) is 8.82. The fourth-order valence-corrected chi connectivity index (χ4v) is 1.68. The van der Waals surface area contributed by atoms with Crippen LogP contribution in [-0.2, 0) is 0 Å². The summed E-state index contributed by atoms with van der Waals surface area (Å²) < 4.78 is 0. The van der Waals surface area contributed by atoms with Gasteiger partial charge in [-0.05, 0) is 37.8 Å². The van der Waals surface area contributed by atoms with Gasteiger partial charge < -0.3 is 11.1 Å². The molecule has 1 atom stereocenters. The van der Waals surface area contributed by atoms with Gasteiger partial charge >= 0.3 is 0 Å². The average molecular weight is 172 g/mol. The molecule has 0 aromatic rings. The van der Waals surface area contributed by atoms with Crippen LogP contribution < -0.4 is 11.1 Å². The number of nitrogens with two attached hydrogens (primary N) is 1. The highest BCUT2D eigenvalue weighted by molar-refractivity contribution is 4.81. The standard InChI is InChI=1S/C8H18N2.C2H6/c1-8(4-5-9)3-2-6-10-7-8;1-2/h10H,2-7,9H2,1H3;1-2H3. The molecule has 3 N–H and O–H groups in total. The molecule has 0 bridgehead atoms. The summed E-state index contributed by atoms with van der Waals surface area (Å²) in [4.78, 5) is 0. The molecule has 1 rings (SSSR count). The van der Waals surface area contributed by atoms with E-state index >= 15 is 0 Å². The molecule has 0 aliphatic carbocycles. The predicted molar refractivity (Wildman–Crippen MR) is 55.2 cm³/mol. The first kappa shape index (κ1) is 11.9. The molecular weight excluding hydrogens is 148 g/mol. The minimum Gasteiger partial charge on any atom is -0.330 e. The smallest absolute Gasteiger partial charge is 0.000564 e. The van der Waals surface area contributed by atoms with Crippen molar-refractivity contribution in [2.45, 2.75) is 40.0 Å². The topological polar surface area (TPSA) is 38.0 Å². The molecule has 1 fully saturated rings. The number of hydrogen-bond acceptors (Lipinski definition) is 2. The Balaban J connectivity index is 0.000000561. The van der Waals surface area contributed by atoms with Crippen molar-refractivity contribution >= 4 is 0 Å². The molecule has 1 unspecified atom stereocenters. The van der Waals surface area contributed by atoms with E-state index in [1.54, 1.807) is 0 Å². The molecule has 12 heavy (non-hydrogen) atoms. The van der Waals surface area contributed by atoms with Crippen molar-refractivity contribution in [3.8, 4) is 0 Å². The quantitative estimate of drug-likeness (QED) is 0.666. The summed E-state index contributed by atoms with van der Waals surface area (Å²) in [6, 6.07) is 0. The van der Waals surface area contributed by atoms with Crippen LogP contribution in [0.15, 0.2) is 0 Å². The first-order valence-electron chi connectivity index (χ1n) is 5.18. The van der Waals surface area contributed by atoms with E-state index < -0.39 is 0 Å². The maximum absolute atomic E-state index is 5.52. The van der Waals surface area contributed by atoms with E-state index in [1.165, 1.54) is 25.8 Å². The molecule has 0 aromatic carbocycles. The lowest BCUT2D eigenvalue weighted by atomic mass is 9.80. The highest BCUT2D eigenvalue weighted by Crippen LogP contribution is 2.28. The van der Waals surface area contributed by atoms with Gasteiger partial charge in [0.1, 0.15) is 0 Å². The van der Waals surface area contributed by atoms with E-state index in [1.807, 2.05) is 13.8 Å². The van der Waals surface area contributed by atoms with Gasteiger partial charge in [0, 0.05) is 6.54 Å². The van der Waals surface area contributed by atoms with Crippen LogP contribution in [0.4, 0.5) is 0 Å². The van der Waals surface area contributed by atoms with Crippen LogP contribution in [0.1, 0.15) is 40.0 Å². The molecule has 1 heterocycles. The maximum atomic E-state index is 5.52. The Kier molecular flexibility index (Phi) is 6.39. The van der Waals surface area contributed by atoms with E-state index in [2.05, 4.69) is 12.2 Å². The van der Waals surface area contributed by atoms with Crippen molar-refractivity contribution in [2.24, 2.45) is 11.1 Å². The van der Waals surface area contributed by atoms with E-state index in [0.29, 0.717) is 5.41 Å². The lowest BCUT2D eigenvalue weighted by Gasteiger charge is -2.33. The summed E-state index contributed by atoms with van der Waals surface area (Å²) in [5, 5.41) is 3.40. The van der Waals surface area contributed by atoms with Gasteiger partial charge in [-0.15, -0.1) is 0 Å². The van der Waals surface area contributed by atoms with Crippen LogP contribution in [0.2, 0.25) is 0 Å². The monoisotopic (exact) mass is 172 g/mol. The first-order valence-corrected chi connectivity index (χ1v) is 5.18. The summed E-state index contributed by atoms with van der Waals surface area (Å²) in [7, 11) is 0. The Labute approximate surface area is 76.9 Å². The lowest BCUT2D eigenvalue weighted by molar-refractivity contribution is 0.222. The van der Waals surface area contributed by atoms with Gasteiger partial charge in [-0.3, -0.25) is 0 Å². The van der Waals surface area contributed by atoms with Gasteiger partial charge in [0.05, 0.1) is 0 Å². The van der Waals surface area contributed by atoms with E-state index in [9.17, 15) is 0 Å². The summed E-state index contributed by atoms with van der Waals surface area (Å²) in [6.07, 6.45) is 3.83. The summed E-state index contributed by atoms with van der Waals surface area (Å²) in [6.45, 7) is 9.51. The molecule has 0 aromatic heterocycles. The van der Waals surface area contributed by atoms with Crippen LogP contribution >= 0.6 is 0 Å². The molecule has 0 spiro atoms. The predicted octanol–water partition coefficient (Wildman–Crippen LogP) is 1.75. The number of nitrogens with one attached hydrogen (secondary N) is 1. The summed E-state index contributed by atoms with van der Waals surface area (Å²) in [5.74, 6) is 0. The third-order valence-corrected chi connectivity index (χ3v) is 2.43. The minimum atomic E-state index is 0.493. The van der Waals surface area contributed by atoms with E-state index in [0.717, 1.165) is 13.1 Å². The summed E-state index contributed by atoms with van der Waals surface area (Å²) in [5.41, 5.74) is 6.01. The zero-order valence-electron chi connectivity index (χ0n) is 8.82. The second-order valence-electron chi connectivity index (χ2n) is 3.63. The Morgan fingerprint density at radius 2 is 2.08 bits per heavy atom. The highest BCUT2D eigenvalue weighted by atomic mass is 14.9. The van der Waals surface area contributed by atoms with Crippen molar-refractivity contribution in [1.29, 1.82) is 0 Å². The second-order valence-corrected chi connectivity index (χ2v) is 3.63. The molecule has 2 heteroatoms. The highest BCUT2D eigenvalue weighted by Gasteiger charge is 2.24. The Morgan fingerprint density at radius 1 is 1.42 bits per heavy atom. The minimum absolute atomic E-state index is 0.493. The molecule has 1 aliphatic rings. The van der Waals surface area contributed by atoms with Gasteiger partial charge in [-0.2, -0.15) is 0 Å². The Bertz CT molecular complexity index is 90.5. The van der Waals surface area contributed by atoms with Gasteiger partial charge in [0.15, 0.2) is 0 Å². The van der Waals surface area contributed by atoms with E-state index in [-0.39, 0.29) is 0 Å². The summed E-state index contributed by atoms with van der Waals surface area (Å²) >= 11 is 0. The molecule has 0 saturated carbocycles. The first-order chi connectivity index (χ1) is 5.77. The number of piperidine rings is 1. The van der Waals surface area contributed by atoms with Crippen LogP contribution in [0.5, 0.6) is 0 Å². The third kappa shape index (κ3) is 4.07. The molecule has 74 valence electrons. The maximum Gasteiger partial charge on any atom is 0.000564 e. The fraction of sp³-hybridized carbons (Fsp3) is 1.00. The zero-order chi connectivity index (χ0) is 9.45.